The van der Waals surface area contributed by atoms with Crippen LogP contribution in [0.5, 0.6) is 11.5 Å². The molecule has 2 atom stereocenters. The molecule has 1 N–H and O–H groups in total. The van der Waals surface area contributed by atoms with Gasteiger partial charge in [0.25, 0.3) is 0 Å². The molecule has 0 aliphatic heterocycles. The normalized spacial score (nSPS) is 23.8. The largest absolute Gasteiger partial charge is 0.497 e. The van der Waals surface area contributed by atoms with Crippen molar-refractivity contribution in [1.82, 2.24) is 4.90 Å². The maximum atomic E-state index is 12.3. The molecule has 0 aromatic heterocycles. The monoisotopic (exact) mass is 395 g/mol. The van der Waals surface area contributed by atoms with Gasteiger partial charge in [-0.05, 0) is 74.3 Å². The molecule has 0 bridgehead atoms. The van der Waals surface area contributed by atoms with Gasteiger partial charge in [0.1, 0.15) is 17.1 Å². The van der Waals surface area contributed by atoms with Crippen LogP contribution in [0.3, 0.4) is 0 Å². The Hall–Kier alpha value is -2.30. The molecule has 3 rings (SSSR count). The Balaban J connectivity index is 2.09. The molecule has 0 heterocycles. The summed E-state index contributed by atoms with van der Waals surface area (Å²) in [4.78, 5) is 2.18. The highest BCUT2D eigenvalue weighted by Gasteiger charge is 2.42. The fraction of sp³-hybridized carbons (Fsp3) is 0.440. The van der Waals surface area contributed by atoms with Crippen LogP contribution in [0.15, 0.2) is 54.1 Å². The lowest BCUT2D eigenvalue weighted by molar-refractivity contribution is 0.000458. The van der Waals surface area contributed by atoms with E-state index in [2.05, 4.69) is 25.1 Å². The highest BCUT2D eigenvalue weighted by molar-refractivity contribution is 5.58. The summed E-state index contributed by atoms with van der Waals surface area (Å²) >= 11 is 0. The van der Waals surface area contributed by atoms with Gasteiger partial charge in [-0.25, -0.2) is 0 Å². The van der Waals surface area contributed by atoms with Gasteiger partial charge in [0.05, 0.1) is 14.2 Å². The number of hydrogen-bond acceptors (Lipinski definition) is 4. The zero-order chi connectivity index (χ0) is 20.9. The second-order valence-electron chi connectivity index (χ2n) is 8.14. The van der Waals surface area contributed by atoms with Crippen LogP contribution in [-0.4, -0.2) is 44.9 Å². The molecule has 1 aliphatic rings. The van der Waals surface area contributed by atoms with Gasteiger partial charge in [-0.1, -0.05) is 36.8 Å². The number of benzene rings is 2. The predicted octanol–water partition coefficient (Wildman–Crippen LogP) is 4.73. The average Bonchev–Trinajstić information content (AvgIpc) is 2.88. The zero-order valence-electron chi connectivity index (χ0n) is 18.0. The van der Waals surface area contributed by atoms with Crippen LogP contribution >= 0.6 is 0 Å². The van der Waals surface area contributed by atoms with E-state index < -0.39 is 5.60 Å². The molecule has 4 heteroatoms. The summed E-state index contributed by atoms with van der Waals surface area (Å²) in [5.41, 5.74) is 2.09. The van der Waals surface area contributed by atoms with Crippen LogP contribution in [0.2, 0.25) is 0 Å². The first-order chi connectivity index (χ1) is 14.0. The van der Waals surface area contributed by atoms with Crippen molar-refractivity contribution in [3.05, 3.63) is 65.2 Å². The molecule has 0 amide bonds. The van der Waals surface area contributed by atoms with Crippen LogP contribution in [0.1, 0.15) is 36.8 Å². The predicted molar refractivity (Wildman–Crippen MR) is 118 cm³/mol. The van der Waals surface area contributed by atoms with Gasteiger partial charge in [0, 0.05) is 12.5 Å². The minimum Gasteiger partial charge on any atom is -0.497 e. The highest BCUT2D eigenvalue weighted by Crippen LogP contribution is 2.45. The molecule has 1 aliphatic carbocycles. The van der Waals surface area contributed by atoms with Crippen molar-refractivity contribution in [2.45, 2.75) is 31.3 Å². The van der Waals surface area contributed by atoms with Gasteiger partial charge >= 0.3 is 0 Å². The SMILES string of the molecule is COc1ccc(C=C2CCCCC(CN(C)C)C2(O)c2ccc(OC)cc2)cc1. The van der Waals surface area contributed by atoms with Gasteiger partial charge in [-0.3, -0.25) is 0 Å². The zero-order valence-corrected chi connectivity index (χ0v) is 18.0. The Morgan fingerprint density at radius 3 is 2.10 bits per heavy atom. The van der Waals surface area contributed by atoms with Crippen molar-refractivity contribution in [1.29, 1.82) is 0 Å². The van der Waals surface area contributed by atoms with E-state index in [9.17, 15) is 5.11 Å². The first-order valence-corrected chi connectivity index (χ1v) is 10.3. The van der Waals surface area contributed by atoms with Crippen molar-refractivity contribution in [2.24, 2.45) is 5.92 Å². The van der Waals surface area contributed by atoms with E-state index in [-0.39, 0.29) is 5.92 Å². The first kappa shape index (κ1) is 21.4. The van der Waals surface area contributed by atoms with E-state index in [1.54, 1.807) is 14.2 Å². The summed E-state index contributed by atoms with van der Waals surface area (Å²) < 4.78 is 10.6. The lowest BCUT2D eigenvalue weighted by Crippen LogP contribution is -2.41. The molecule has 4 nitrogen and oxygen atoms in total. The molecule has 2 aromatic carbocycles. The van der Waals surface area contributed by atoms with E-state index in [0.717, 1.165) is 60.4 Å². The van der Waals surface area contributed by atoms with E-state index in [1.807, 2.05) is 48.5 Å². The lowest BCUT2D eigenvalue weighted by Gasteiger charge is -2.39. The van der Waals surface area contributed by atoms with Crippen molar-refractivity contribution in [3.63, 3.8) is 0 Å². The van der Waals surface area contributed by atoms with Gasteiger partial charge in [-0.15, -0.1) is 0 Å². The maximum absolute atomic E-state index is 12.3. The van der Waals surface area contributed by atoms with Gasteiger partial charge in [0.2, 0.25) is 0 Å². The number of aliphatic hydroxyl groups is 1. The second-order valence-corrected chi connectivity index (χ2v) is 8.14. The van der Waals surface area contributed by atoms with Crippen molar-refractivity contribution >= 4 is 6.08 Å². The van der Waals surface area contributed by atoms with Crippen LogP contribution < -0.4 is 9.47 Å². The smallest absolute Gasteiger partial charge is 0.118 e. The van der Waals surface area contributed by atoms with Crippen molar-refractivity contribution in [2.75, 3.05) is 34.9 Å². The molecule has 2 aromatic rings. The summed E-state index contributed by atoms with van der Waals surface area (Å²) in [5.74, 6) is 1.76. The molecular formula is C25H33NO3. The maximum Gasteiger partial charge on any atom is 0.118 e. The first-order valence-electron chi connectivity index (χ1n) is 10.3. The molecule has 1 fully saturated rings. The van der Waals surface area contributed by atoms with Gasteiger partial charge < -0.3 is 19.5 Å². The number of nitrogens with zero attached hydrogens (tertiary/aromatic N) is 1. The highest BCUT2D eigenvalue weighted by atomic mass is 16.5. The summed E-state index contributed by atoms with van der Waals surface area (Å²) in [6, 6.07) is 15.9. The van der Waals surface area contributed by atoms with Crippen LogP contribution in [-0.2, 0) is 5.60 Å². The Morgan fingerprint density at radius 2 is 1.55 bits per heavy atom. The van der Waals surface area contributed by atoms with Crippen LogP contribution in [0.25, 0.3) is 6.08 Å². The Bertz CT molecular complexity index is 811. The van der Waals surface area contributed by atoms with Crippen molar-refractivity contribution < 1.29 is 14.6 Å². The quantitative estimate of drug-likeness (QED) is 0.718. The van der Waals surface area contributed by atoms with E-state index in [0.29, 0.717) is 0 Å². The molecule has 0 radical (unpaired) electrons. The summed E-state index contributed by atoms with van der Waals surface area (Å²) in [6.07, 6.45) is 6.26. The summed E-state index contributed by atoms with van der Waals surface area (Å²) in [7, 11) is 7.49. The van der Waals surface area contributed by atoms with E-state index in [1.165, 1.54) is 0 Å². The van der Waals surface area contributed by atoms with Crippen molar-refractivity contribution in [3.8, 4) is 11.5 Å². The lowest BCUT2D eigenvalue weighted by atomic mass is 9.74. The number of methoxy groups -OCH3 is 2. The molecule has 2 unspecified atom stereocenters. The number of rotatable bonds is 6. The minimum atomic E-state index is -1.01. The summed E-state index contributed by atoms with van der Waals surface area (Å²) in [6.45, 7) is 0.836. The Kier molecular flexibility index (Phi) is 6.99. The topological polar surface area (TPSA) is 41.9 Å². The van der Waals surface area contributed by atoms with E-state index in [4.69, 9.17) is 9.47 Å². The van der Waals surface area contributed by atoms with E-state index >= 15 is 0 Å². The average molecular weight is 396 g/mol. The molecular weight excluding hydrogens is 362 g/mol. The molecule has 29 heavy (non-hydrogen) atoms. The van der Waals surface area contributed by atoms with Crippen LogP contribution in [0.4, 0.5) is 0 Å². The standard InChI is InChI=1S/C25H33NO3/c1-26(2)18-22-8-6-5-7-21(17-19-9-13-23(28-3)14-10-19)25(22,27)20-11-15-24(29-4)16-12-20/h9-17,22,27H,5-8,18H2,1-4H3. The number of hydrogen-bond donors (Lipinski definition) is 1. The van der Waals surface area contributed by atoms with Gasteiger partial charge in [0.15, 0.2) is 0 Å². The third kappa shape index (κ3) is 4.82. The van der Waals surface area contributed by atoms with Crippen LogP contribution in [0, 0.1) is 5.92 Å². The fourth-order valence-electron chi connectivity index (χ4n) is 4.38. The molecule has 0 spiro atoms. The molecule has 1 saturated carbocycles. The summed E-state index contributed by atoms with van der Waals surface area (Å²) in [5, 5.41) is 12.3. The Labute approximate surface area is 174 Å². The minimum absolute atomic E-state index is 0.123. The van der Waals surface area contributed by atoms with Gasteiger partial charge in [-0.2, -0.15) is 0 Å². The fourth-order valence-corrected chi connectivity index (χ4v) is 4.38. The molecule has 156 valence electrons. The Morgan fingerprint density at radius 1 is 0.966 bits per heavy atom. The molecule has 0 saturated heterocycles. The third-order valence-electron chi connectivity index (χ3n) is 5.90. The second kappa shape index (κ2) is 9.47. The number of ether oxygens (including phenoxy) is 2. The third-order valence-corrected chi connectivity index (χ3v) is 5.90.